The van der Waals surface area contributed by atoms with Crippen molar-refractivity contribution in [3.8, 4) is 0 Å². The number of aromatic nitrogens is 1. The second kappa shape index (κ2) is 5.92. The summed E-state index contributed by atoms with van der Waals surface area (Å²) in [4.78, 5) is 0. The zero-order chi connectivity index (χ0) is 13.8. The second-order valence-corrected chi connectivity index (χ2v) is 4.60. The van der Waals surface area contributed by atoms with Gasteiger partial charge in [0.05, 0.1) is 0 Å². The minimum absolute atomic E-state index is 1.03. The van der Waals surface area contributed by atoms with E-state index in [0.717, 1.165) is 13.0 Å². The summed E-state index contributed by atoms with van der Waals surface area (Å²) in [7, 11) is 0. The Morgan fingerprint density at radius 2 is 2.00 bits per heavy atom. The van der Waals surface area contributed by atoms with E-state index in [9.17, 15) is 0 Å². The lowest BCUT2D eigenvalue weighted by Crippen LogP contribution is -2.28. The summed E-state index contributed by atoms with van der Waals surface area (Å²) in [6.45, 7) is 9.40. The third-order valence-electron chi connectivity index (χ3n) is 3.46. The predicted molar refractivity (Wildman–Crippen MR) is 85.6 cm³/mol. The topological polar surface area (TPSA) is 4.93 Å². The highest BCUT2D eigenvalue weighted by molar-refractivity contribution is 5.83. The van der Waals surface area contributed by atoms with Gasteiger partial charge in [0, 0.05) is 28.0 Å². The van der Waals surface area contributed by atoms with E-state index in [1.165, 1.54) is 27.0 Å². The van der Waals surface area contributed by atoms with Gasteiger partial charge in [0.15, 0.2) is 0 Å². The fraction of sp³-hybridized carbons (Fsp3) is 0.333. The van der Waals surface area contributed by atoms with Gasteiger partial charge >= 0.3 is 0 Å². The van der Waals surface area contributed by atoms with Crippen LogP contribution < -0.4 is 10.6 Å². The SMILES string of the molecule is CC.CCn1c2c(c3cc(C)ccc31)=CC=CCC=2. The van der Waals surface area contributed by atoms with Crippen molar-refractivity contribution in [2.75, 3.05) is 0 Å². The fourth-order valence-corrected chi connectivity index (χ4v) is 2.67. The molecule has 100 valence electrons. The Hall–Kier alpha value is -1.76. The van der Waals surface area contributed by atoms with E-state index in [1.807, 2.05) is 13.8 Å². The number of rotatable bonds is 1. The fourth-order valence-electron chi connectivity index (χ4n) is 2.67. The Kier molecular flexibility index (Phi) is 4.26. The number of benzene rings is 1. The Morgan fingerprint density at radius 3 is 2.74 bits per heavy atom. The lowest BCUT2D eigenvalue weighted by Gasteiger charge is -2.01. The molecule has 19 heavy (non-hydrogen) atoms. The summed E-state index contributed by atoms with van der Waals surface area (Å²) in [6, 6.07) is 6.74. The normalized spacial score (nSPS) is 12.8. The molecule has 0 bridgehead atoms. The maximum atomic E-state index is 2.41. The van der Waals surface area contributed by atoms with E-state index in [0.29, 0.717) is 0 Å². The minimum Gasteiger partial charge on any atom is -0.341 e. The molecule has 1 aliphatic carbocycles. The molecule has 0 unspecified atom stereocenters. The van der Waals surface area contributed by atoms with Crippen LogP contribution in [0.1, 0.15) is 32.8 Å². The van der Waals surface area contributed by atoms with Crippen molar-refractivity contribution >= 4 is 23.1 Å². The van der Waals surface area contributed by atoms with Crippen molar-refractivity contribution in [1.29, 1.82) is 0 Å². The van der Waals surface area contributed by atoms with Crippen LogP contribution in [-0.2, 0) is 6.54 Å². The van der Waals surface area contributed by atoms with E-state index in [2.05, 4.69) is 60.9 Å². The minimum atomic E-state index is 1.03. The average molecular weight is 253 g/mol. The molecule has 1 heteroatoms. The van der Waals surface area contributed by atoms with Crippen LogP contribution in [0.2, 0.25) is 0 Å². The predicted octanol–water partition coefficient (Wildman–Crippen LogP) is 3.52. The highest BCUT2D eigenvalue weighted by Gasteiger charge is 2.06. The maximum Gasteiger partial charge on any atom is 0.0491 e. The van der Waals surface area contributed by atoms with Crippen LogP contribution in [-0.4, -0.2) is 4.57 Å². The van der Waals surface area contributed by atoms with E-state index in [1.54, 1.807) is 0 Å². The van der Waals surface area contributed by atoms with Gasteiger partial charge in [0.1, 0.15) is 0 Å². The summed E-state index contributed by atoms with van der Waals surface area (Å²) >= 11 is 0. The molecule has 3 rings (SSSR count). The molecule has 0 aliphatic heterocycles. The Labute approximate surface area is 115 Å². The van der Waals surface area contributed by atoms with Crippen molar-refractivity contribution in [2.24, 2.45) is 0 Å². The van der Waals surface area contributed by atoms with E-state index < -0.39 is 0 Å². The smallest absolute Gasteiger partial charge is 0.0491 e. The zero-order valence-electron chi connectivity index (χ0n) is 12.4. The van der Waals surface area contributed by atoms with Crippen LogP contribution in [0.5, 0.6) is 0 Å². The van der Waals surface area contributed by atoms with Gasteiger partial charge in [0.25, 0.3) is 0 Å². The number of hydrogen-bond acceptors (Lipinski definition) is 0. The molecule has 0 atom stereocenters. The van der Waals surface area contributed by atoms with Crippen molar-refractivity contribution < 1.29 is 0 Å². The van der Waals surface area contributed by atoms with E-state index in [4.69, 9.17) is 0 Å². The van der Waals surface area contributed by atoms with Crippen LogP contribution >= 0.6 is 0 Å². The average Bonchev–Trinajstić information content (AvgIpc) is 2.60. The molecule has 1 aliphatic rings. The Bertz CT molecular complexity index is 714. The number of allylic oxidation sites excluding steroid dienone is 2. The van der Waals surface area contributed by atoms with Gasteiger partial charge in [-0.25, -0.2) is 0 Å². The summed E-state index contributed by atoms with van der Waals surface area (Å²) < 4.78 is 2.41. The molecule has 0 N–H and O–H groups in total. The molecule has 2 aromatic rings. The maximum absolute atomic E-state index is 2.41. The van der Waals surface area contributed by atoms with Crippen LogP contribution in [0.15, 0.2) is 30.4 Å². The van der Waals surface area contributed by atoms with Gasteiger partial charge in [-0.15, -0.1) is 0 Å². The van der Waals surface area contributed by atoms with Gasteiger partial charge in [-0.1, -0.05) is 49.8 Å². The van der Waals surface area contributed by atoms with Crippen molar-refractivity contribution in [3.05, 3.63) is 46.5 Å². The van der Waals surface area contributed by atoms with E-state index >= 15 is 0 Å². The molecule has 0 radical (unpaired) electrons. The monoisotopic (exact) mass is 253 g/mol. The van der Waals surface area contributed by atoms with E-state index in [-0.39, 0.29) is 0 Å². The molecular weight excluding hydrogens is 230 g/mol. The Balaban J connectivity index is 0.000000637. The highest BCUT2D eigenvalue weighted by atomic mass is 15.0. The first-order valence-corrected chi connectivity index (χ1v) is 7.27. The molecule has 1 nitrogen and oxygen atoms in total. The summed E-state index contributed by atoms with van der Waals surface area (Å²) in [5.41, 5.74) is 2.68. The van der Waals surface area contributed by atoms with Crippen LogP contribution in [0, 0.1) is 6.92 Å². The Morgan fingerprint density at radius 1 is 1.21 bits per heavy atom. The molecule has 0 saturated carbocycles. The first-order chi connectivity index (χ1) is 9.31. The molecular formula is C18H23N. The molecule has 0 saturated heterocycles. The zero-order valence-corrected chi connectivity index (χ0v) is 12.4. The number of aryl methyl sites for hydroxylation is 2. The molecule has 1 aromatic carbocycles. The van der Waals surface area contributed by atoms with Crippen molar-refractivity contribution in [2.45, 2.75) is 40.7 Å². The largest absolute Gasteiger partial charge is 0.341 e. The van der Waals surface area contributed by atoms with Gasteiger partial charge in [-0.2, -0.15) is 0 Å². The molecule has 0 fully saturated rings. The quantitative estimate of drug-likeness (QED) is 0.733. The highest BCUT2D eigenvalue weighted by Crippen LogP contribution is 2.12. The second-order valence-electron chi connectivity index (χ2n) is 4.60. The van der Waals surface area contributed by atoms with Crippen LogP contribution in [0.25, 0.3) is 23.1 Å². The molecule has 0 amide bonds. The van der Waals surface area contributed by atoms with Crippen molar-refractivity contribution in [1.82, 2.24) is 4.57 Å². The van der Waals surface area contributed by atoms with Crippen molar-refractivity contribution in [3.63, 3.8) is 0 Å². The summed E-state index contributed by atoms with van der Waals surface area (Å²) in [5, 5.41) is 4.13. The van der Waals surface area contributed by atoms with Crippen LogP contribution in [0.4, 0.5) is 0 Å². The summed E-state index contributed by atoms with van der Waals surface area (Å²) in [6.07, 6.45) is 9.98. The first-order valence-electron chi connectivity index (χ1n) is 7.27. The lowest BCUT2D eigenvalue weighted by molar-refractivity contribution is 0.770. The number of fused-ring (bicyclic) bond motifs is 3. The first kappa shape index (κ1) is 13.7. The summed E-state index contributed by atoms with van der Waals surface area (Å²) in [5.74, 6) is 0. The van der Waals surface area contributed by atoms with Gasteiger partial charge in [-0.3, -0.25) is 0 Å². The molecule has 0 spiro atoms. The lowest BCUT2D eigenvalue weighted by atomic mass is 10.1. The van der Waals surface area contributed by atoms with Crippen LogP contribution in [0.3, 0.4) is 0 Å². The number of nitrogens with zero attached hydrogens (tertiary/aromatic N) is 1. The number of hydrogen-bond donors (Lipinski definition) is 0. The third kappa shape index (κ3) is 2.37. The molecule has 1 aromatic heterocycles. The van der Waals surface area contributed by atoms with Gasteiger partial charge in [0.2, 0.25) is 0 Å². The van der Waals surface area contributed by atoms with Gasteiger partial charge in [-0.05, 0) is 32.4 Å². The third-order valence-corrected chi connectivity index (χ3v) is 3.46. The molecule has 1 heterocycles. The van der Waals surface area contributed by atoms with Gasteiger partial charge < -0.3 is 4.57 Å². The standard InChI is InChI=1S/C16H17N.C2H6/c1-3-17-15-8-6-4-5-7-13(15)14-11-12(2)9-10-16(14)17;1-2/h4-5,7-11H,3,6H2,1-2H3;1-2H3.